The minimum atomic E-state index is -0.659. The lowest BCUT2D eigenvalue weighted by Crippen LogP contribution is -2.38. The molecule has 0 aliphatic carbocycles. The number of ether oxygens (including phenoxy) is 2. The largest absolute Gasteiger partial charge is 0.466 e. The molecule has 22 heavy (non-hydrogen) atoms. The summed E-state index contributed by atoms with van der Waals surface area (Å²) in [7, 11) is 0. The molecule has 0 radical (unpaired) electrons. The number of nitriles is 1. The maximum absolute atomic E-state index is 12.3. The minimum Gasteiger partial charge on any atom is -0.466 e. The molecule has 0 aliphatic heterocycles. The number of carbonyl (C=O) groups is 2. The molecule has 0 spiro atoms. The molecule has 5 nitrogen and oxygen atoms in total. The first-order valence-corrected chi connectivity index (χ1v) is 8.13. The van der Waals surface area contributed by atoms with Gasteiger partial charge in [-0.15, -0.1) is 0 Å². The van der Waals surface area contributed by atoms with Crippen molar-refractivity contribution in [2.75, 3.05) is 13.2 Å². The summed E-state index contributed by atoms with van der Waals surface area (Å²) < 4.78 is 10.1. The van der Waals surface area contributed by atoms with E-state index < -0.39 is 23.3 Å². The summed E-state index contributed by atoms with van der Waals surface area (Å²) in [5.74, 6) is -1.71. The third-order valence-electron chi connectivity index (χ3n) is 4.05. The van der Waals surface area contributed by atoms with Gasteiger partial charge in [0.25, 0.3) is 0 Å². The van der Waals surface area contributed by atoms with Crippen LogP contribution in [0.5, 0.6) is 0 Å². The average Bonchev–Trinajstić information content (AvgIpc) is 2.47. The van der Waals surface area contributed by atoms with Crippen LogP contribution in [-0.4, -0.2) is 25.2 Å². The average molecular weight is 311 g/mol. The van der Waals surface area contributed by atoms with E-state index in [0.717, 1.165) is 6.42 Å². The highest BCUT2D eigenvalue weighted by Crippen LogP contribution is 2.41. The van der Waals surface area contributed by atoms with Gasteiger partial charge in [-0.3, -0.25) is 9.59 Å². The second-order valence-corrected chi connectivity index (χ2v) is 5.66. The van der Waals surface area contributed by atoms with Crippen molar-refractivity contribution in [2.45, 2.75) is 60.3 Å². The first kappa shape index (κ1) is 20.4. The molecule has 0 amide bonds. The molecule has 3 atom stereocenters. The first-order chi connectivity index (χ1) is 10.4. The molecule has 0 aromatic heterocycles. The van der Waals surface area contributed by atoms with E-state index in [2.05, 4.69) is 6.07 Å². The SMILES string of the molecule is CCCC(C)(C#N)C(CC)C(CC(=O)OCC)C(=O)OCC. The summed E-state index contributed by atoms with van der Waals surface area (Å²) in [5, 5.41) is 9.60. The van der Waals surface area contributed by atoms with Crippen LogP contribution in [-0.2, 0) is 19.1 Å². The van der Waals surface area contributed by atoms with E-state index in [9.17, 15) is 14.9 Å². The maximum Gasteiger partial charge on any atom is 0.309 e. The fraction of sp³-hybridized carbons (Fsp3) is 0.824. The predicted octanol–water partition coefficient (Wildman–Crippen LogP) is 3.48. The third-order valence-corrected chi connectivity index (χ3v) is 4.05. The highest BCUT2D eigenvalue weighted by molar-refractivity contribution is 5.80. The molecule has 0 bridgehead atoms. The van der Waals surface area contributed by atoms with Gasteiger partial charge in [0.15, 0.2) is 0 Å². The normalized spacial score (nSPS) is 16.0. The highest BCUT2D eigenvalue weighted by Gasteiger charge is 2.42. The number of hydrogen-bond donors (Lipinski definition) is 0. The van der Waals surface area contributed by atoms with Gasteiger partial charge in [-0.05, 0) is 33.1 Å². The van der Waals surface area contributed by atoms with Crippen LogP contribution >= 0.6 is 0 Å². The van der Waals surface area contributed by atoms with Gasteiger partial charge in [-0.1, -0.05) is 26.7 Å². The Hall–Kier alpha value is -1.57. The van der Waals surface area contributed by atoms with Crippen molar-refractivity contribution in [3.63, 3.8) is 0 Å². The van der Waals surface area contributed by atoms with Crippen LogP contribution in [0.25, 0.3) is 0 Å². The van der Waals surface area contributed by atoms with Gasteiger partial charge in [0.2, 0.25) is 0 Å². The molecule has 126 valence electrons. The van der Waals surface area contributed by atoms with E-state index in [1.165, 1.54) is 0 Å². The van der Waals surface area contributed by atoms with Gasteiger partial charge < -0.3 is 9.47 Å². The number of esters is 2. The second kappa shape index (κ2) is 10.2. The topological polar surface area (TPSA) is 76.4 Å². The number of carbonyl (C=O) groups excluding carboxylic acids is 2. The number of hydrogen-bond acceptors (Lipinski definition) is 5. The van der Waals surface area contributed by atoms with E-state index in [4.69, 9.17) is 9.47 Å². The second-order valence-electron chi connectivity index (χ2n) is 5.66. The monoisotopic (exact) mass is 311 g/mol. The van der Waals surface area contributed by atoms with Crippen LogP contribution in [0, 0.1) is 28.6 Å². The van der Waals surface area contributed by atoms with Gasteiger partial charge in [0, 0.05) is 0 Å². The lowest BCUT2D eigenvalue weighted by Gasteiger charge is -2.35. The number of nitrogens with zero attached hydrogens (tertiary/aromatic N) is 1. The molecule has 0 saturated heterocycles. The van der Waals surface area contributed by atoms with E-state index in [0.29, 0.717) is 12.8 Å². The van der Waals surface area contributed by atoms with Crippen LogP contribution < -0.4 is 0 Å². The van der Waals surface area contributed by atoms with Crippen molar-refractivity contribution >= 4 is 11.9 Å². The lowest BCUT2D eigenvalue weighted by atomic mass is 9.67. The Morgan fingerprint density at radius 3 is 2.14 bits per heavy atom. The summed E-state index contributed by atoms with van der Waals surface area (Å²) in [6.07, 6.45) is 2.12. The first-order valence-electron chi connectivity index (χ1n) is 8.13. The zero-order valence-corrected chi connectivity index (χ0v) is 14.5. The Balaban J connectivity index is 5.45. The van der Waals surface area contributed by atoms with Crippen LogP contribution in [0.15, 0.2) is 0 Å². The summed E-state index contributed by atoms with van der Waals surface area (Å²) in [4.78, 5) is 24.2. The van der Waals surface area contributed by atoms with Crippen molar-refractivity contribution < 1.29 is 19.1 Å². The van der Waals surface area contributed by atoms with Crippen LogP contribution in [0.1, 0.15) is 60.3 Å². The molecule has 0 aromatic rings. The van der Waals surface area contributed by atoms with Crippen molar-refractivity contribution in [1.82, 2.24) is 0 Å². The molecule has 0 saturated carbocycles. The molecule has 0 N–H and O–H groups in total. The van der Waals surface area contributed by atoms with Crippen molar-refractivity contribution in [1.29, 1.82) is 5.26 Å². The Labute approximate surface area is 134 Å². The van der Waals surface area contributed by atoms with Crippen LogP contribution in [0.3, 0.4) is 0 Å². The Morgan fingerprint density at radius 2 is 1.73 bits per heavy atom. The van der Waals surface area contributed by atoms with Gasteiger partial charge in [-0.2, -0.15) is 5.26 Å². The summed E-state index contributed by atoms with van der Waals surface area (Å²) in [6, 6.07) is 2.35. The summed E-state index contributed by atoms with van der Waals surface area (Å²) >= 11 is 0. The Kier molecular flexibility index (Phi) is 9.48. The maximum atomic E-state index is 12.3. The van der Waals surface area contributed by atoms with Gasteiger partial charge in [0.1, 0.15) is 0 Å². The minimum absolute atomic E-state index is 0.0356. The Morgan fingerprint density at radius 1 is 1.14 bits per heavy atom. The summed E-state index contributed by atoms with van der Waals surface area (Å²) in [5.41, 5.74) is -0.659. The molecule has 0 fully saturated rings. The molecule has 0 heterocycles. The highest BCUT2D eigenvalue weighted by atomic mass is 16.5. The third kappa shape index (κ3) is 5.67. The summed E-state index contributed by atoms with van der Waals surface area (Å²) in [6.45, 7) is 9.80. The molecule has 5 heteroatoms. The quantitative estimate of drug-likeness (QED) is 0.577. The van der Waals surface area contributed by atoms with Crippen molar-refractivity contribution in [3.8, 4) is 6.07 Å². The van der Waals surface area contributed by atoms with Crippen LogP contribution in [0.4, 0.5) is 0 Å². The lowest BCUT2D eigenvalue weighted by molar-refractivity contribution is -0.158. The molecular weight excluding hydrogens is 282 g/mol. The van der Waals surface area contributed by atoms with E-state index >= 15 is 0 Å². The molecule has 3 unspecified atom stereocenters. The zero-order valence-electron chi connectivity index (χ0n) is 14.5. The van der Waals surface area contributed by atoms with Gasteiger partial charge in [-0.25, -0.2) is 0 Å². The smallest absolute Gasteiger partial charge is 0.309 e. The standard InChI is InChI=1S/C17H29NO4/c1-6-10-17(5,12-18)14(7-2)13(16(20)22-9-4)11-15(19)21-8-3/h13-14H,6-11H2,1-5H3. The molecule has 0 rings (SSSR count). The Bertz CT molecular complexity index is 402. The molecule has 0 aromatic carbocycles. The molecular formula is C17H29NO4. The fourth-order valence-corrected chi connectivity index (χ4v) is 3.06. The van der Waals surface area contributed by atoms with E-state index in [1.807, 2.05) is 20.8 Å². The fourth-order valence-electron chi connectivity index (χ4n) is 3.06. The predicted molar refractivity (Wildman–Crippen MR) is 83.8 cm³/mol. The van der Waals surface area contributed by atoms with Crippen molar-refractivity contribution in [2.24, 2.45) is 17.3 Å². The van der Waals surface area contributed by atoms with Gasteiger partial charge >= 0.3 is 11.9 Å². The zero-order chi connectivity index (χ0) is 17.2. The molecule has 0 aliphatic rings. The van der Waals surface area contributed by atoms with E-state index in [-0.39, 0.29) is 25.6 Å². The van der Waals surface area contributed by atoms with Crippen molar-refractivity contribution in [3.05, 3.63) is 0 Å². The van der Waals surface area contributed by atoms with Crippen LogP contribution in [0.2, 0.25) is 0 Å². The van der Waals surface area contributed by atoms with E-state index in [1.54, 1.807) is 13.8 Å². The number of rotatable bonds is 10. The van der Waals surface area contributed by atoms with Gasteiger partial charge in [0.05, 0.1) is 37.0 Å².